The van der Waals surface area contributed by atoms with Crippen molar-refractivity contribution in [3.05, 3.63) is 28.2 Å². The van der Waals surface area contributed by atoms with E-state index in [-0.39, 0.29) is 0 Å². The Kier molecular flexibility index (Phi) is 4.91. The average Bonchev–Trinajstić information content (AvgIpc) is 2.87. The van der Waals surface area contributed by atoms with Gasteiger partial charge in [-0.05, 0) is 50.4 Å². The normalized spacial score (nSPS) is 21.2. The summed E-state index contributed by atoms with van der Waals surface area (Å²) in [6.45, 7) is 8.04. The van der Waals surface area contributed by atoms with Crippen molar-refractivity contribution < 1.29 is 0 Å². The summed E-state index contributed by atoms with van der Waals surface area (Å²) in [5, 5.41) is 3.29. The third kappa shape index (κ3) is 3.14. The molecule has 0 saturated carbocycles. The molecule has 1 aliphatic heterocycles. The third-order valence-corrected chi connectivity index (χ3v) is 4.97. The minimum absolute atomic E-state index is 0.378. The summed E-state index contributed by atoms with van der Waals surface area (Å²) in [5.41, 5.74) is 2.68. The quantitative estimate of drug-likeness (QED) is 0.885. The molecule has 1 aromatic rings. The van der Waals surface area contributed by atoms with E-state index in [2.05, 4.69) is 65.1 Å². The van der Waals surface area contributed by atoms with Crippen molar-refractivity contribution in [1.82, 2.24) is 5.32 Å². The van der Waals surface area contributed by atoms with Crippen LogP contribution in [-0.2, 0) is 0 Å². The number of anilines is 1. The third-order valence-electron chi connectivity index (χ3n) is 4.28. The van der Waals surface area contributed by atoms with Crippen molar-refractivity contribution in [3.63, 3.8) is 0 Å². The van der Waals surface area contributed by atoms with Crippen molar-refractivity contribution in [2.75, 3.05) is 18.5 Å². The standard InChI is InChI=1S/C16H25BrN2/c1-11(2)16-6-5-9-19(16)13-7-8-14(12(3)18-4)15(17)10-13/h7-8,10-12,16,18H,5-6,9H2,1-4H3. The summed E-state index contributed by atoms with van der Waals surface area (Å²) in [4.78, 5) is 2.57. The first-order chi connectivity index (χ1) is 9.04. The van der Waals surface area contributed by atoms with Crippen LogP contribution in [0, 0.1) is 5.92 Å². The molecule has 0 aromatic heterocycles. The number of hydrogen-bond donors (Lipinski definition) is 1. The van der Waals surface area contributed by atoms with Crippen LogP contribution in [0.5, 0.6) is 0 Å². The van der Waals surface area contributed by atoms with E-state index in [1.54, 1.807) is 0 Å². The van der Waals surface area contributed by atoms with Gasteiger partial charge in [-0.15, -0.1) is 0 Å². The van der Waals surface area contributed by atoms with Gasteiger partial charge in [-0.2, -0.15) is 0 Å². The lowest BCUT2D eigenvalue weighted by atomic mass is 10.0. The molecule has 0 radical (unpaired) electrons. The van der Waals surface area contributed by atoms with E-state index in [9.17, 15) is 0 Å². The molecule has 1 saturated heterocycles. The van der Waals surface area contributed by atoms with Gasteiger partial charge in [0.2, 0.25) is 0 Å². The number of nitrogens with zero attached hydrogens (tertiary/aromatic N) is 1. The first kappa shape index (κ1) is 14.9. The average molecular weight is 325 g/mol. The topological polar surface area (TPSA) is 15.3 Å². The van der Waals surface area contributed by atoms with Gasteiger partial charge in [-0.1, -0.05) is 35.8 Å². The van der Waals surface area contributed by atoms with E-state index in [0.717, 1.165) is 5.92 Å². The predicted molar refractivity (Wildman–Crippen MR) is 86.8 cm³/mol. The van der Waals surface area contributed by atoms with Gasteiger partial charge in [0.1, 0.15) is 0 Å². The van der Waals surface area contributed by atoms with Gasteiger partial charge in [0, 0.05) is 28.8 Å². The fraction of sp³-hybridized carbons (Fsp3) is 0.625. The number of hydrogen-bond acceptors (Lipinski definition) is 2. The number of benzene rings is 1. The molecule has 0 spiro atoms. The summed E-state index contributed by atoms with van der Waals surface area (Å²) in [7, 11) is 2.00. The fourth-order valence-corrected chi connectivity index (χ4v) is 3.72. The van der Waals surface area contributed by atoms with Gasteiger partial charge in [0.15, 0.2) is 0 Å². The molecular formula is C16H25BrN2. The van der Waals surface area contributed by atoms with Gasteiger partial charge in [-0.25, -0.2) is 0 Å². The highest BCUT2D eigenvalue weighted by molar-refractivity contribution is 9.10. The maximum absolute atomic E-state index is 3.73. The van der Waals surface area contributed by atoms with Gasteiger partial charge < -0.3 is 10.2 Å². The Morgan fingerprint density at radius 3 is 2.63 bits per heavy atom. The van der Waals surface area contributed by atoms with Crippen LogP contribution in [0.25, 0.3) is 0 Å². The van der Waals surface area contributed by atoms with Gasteiger partial charge in [0.05, 0.1) is 0 Å². The SMILES string of the molecule is CNC(C)c1ccc(N2CCCC2C(C)C)cc1Br. The van der Waals surface area contributed by atoms with Gasteiger partial charge in [-0.3, -0.25) is 0 Å². The molecule has 0 amide bonds. The Hall–Kier alpha value is -0.540. The Labute approximate surface area is 125 Å². The molecule has 2 unspecified atom stereocenters. The zero-order valence-electron chi connectivity index (χ0n) is 12.4. The summed E-state index contributed by atoms with van der Waals surface area (Å²) < 4.78 is 1.21. The smallest absolute Gasteiger partial charge is 0.0380 e. The van der Waals surface area contributed by atoms with E-state index in [1.165, 1.54) is 35.1 Å². The molecule has 1 heterocycles. The molecule has 1 aromatic carbocycles. The number of nitrogens with one attached hydrogen (secondary N) is 1. The zero-order chi connectivity index (χ0) is 14.0. The number of halogens is 1. The van der Waals surface area contributed by atoms with Crippen LogP contribution in [-0.4, -0.2) is 19.6 Å². The molecule has 0 aliphatic carbocycles. The minimum Gasteiger partial charge on any atom is -0.368 e. The molecule has 1 fully saturated rings. The van der Waals surface area contributed by atoms with Crippen LogP contribution < -0.4 is 10.2 Å². The monoisotopic (exact) mass is 324 g/mol. The lowest BCUT2D eigenvalue weighted by Gasteiger charge is -2.30. The van der Waals surface area contributed by atoms with E-state index < -0.39 is 0 Å². The number of rotatable bonds is 4. The molecule has 1 aliphatic rings. The summed E-state index contributed by atoms with van der Waals surface area (Å²) >= 11 is 3.73. The van der Waals surface area contributed by atoms with Crippen LogP contribution in [0.1, 0.15) is 45.2 Å². The molecule has 106 valence electrons. The summed E-state index contributed by atoms with van der Waals surface area (Å²) in [5.74, 6) is 0.720. The second kappa shape index (κ2) is 6.27. The zero-order valence-corrected chi connectivity index (χ0v) is 14.0. The Morgan fingerprint density at radius 1 is 1.32 bits per heavy atom. The Morgan fingerprint density at radius 2 is 2.05 bits per heavy atom. The Balaban J connectivity index is 2.24. The first-order valence-corrected chi connectivity index (χ1v) is 8.07. The van der Waals surface area contributed by atoms with E-state index in [0.29, 0.717) is 12.1 Å². The van der Waals surface area contributed by atoms with Crippen molar-refractivity contribution in [1.29, 1.82) is 0 Å². The largest absolute Gasteiger partial charge is 0.368 e. The summed E-state index contributed by atoms with van der Waals surface area (Å²) in [6, 6.07) is 7.87. The maximum atomic E-state index is 3.73. The maximum Gasteiger partial charge on any atom is 0.0380 e. The predicted octanol–water partition coefficient (Wildman–Crippen LogP) is 4.35. The second-order valence-corrected chi connectivity index (χ2v) is 6.72. The van der Waals surface area contributed by atoms with Crippen molar-refractivity contribution in [3.8, 4) is 0 Å². The van der Waals surface area contributed by atoms with Crippen LogP contribution in [0.2, 0.25) is 0 Å². The van der Waals surface area contributed by atoms with Crippen LogP contribution in [0.4, 0.5) is 5.69 Å². The molecule has 19 heavy (non-hydrogen) atoms. The van der Waals surface area contributed by atoms with Crippen molar-refractivity contribution in [2.24, 2.45) is 5.92 Å². The van der Waals surface area contributed by atoms with E-state index in [4.69, 9.17) is 0 Å². The highest BCUT2D eigenvalue weighted by atomic mass is 79.9. The highest BCUT2D eigenvalue weighted by Crippen LogP contribution is 2.33. The lowest BCUT2D eigenvalue weighted by molar-refractivity contribution is 0.492. The molecule has 0 bridgehead atoms. The van der Waals surface area contributed by atoms with E-state index >= 15 is 0 Å². The minimum atomic E-state index is 0.378. The van der Waals surface area contributed by atoms with Crippen molar-refractivity contribution in [2.45, 2.75) is 45.7 Å². The molecule has 2 rings (SSSR count). The molecule has 3 heteroatoms. The van der Waals surface area contributed by atoms with E-state index in [1.807, 2.05) is 7.05 Å². The molecule has 1 N–H and O–H groups in total. The van der Waals surface area contributed by atoms with Crippen LogP contribution >= 0.6 is 15.9 Å². The molecule has 2 atom stereocenters. The fourth-order valence-electron chi connectivity index (χ4n) is 3.01. The Bertz CT molecular complexity index is 431. The van der Waals surface area contributed by atoms with Gasteiger partial charge in [0.25, 0.3) is 0 Å². The highest BCUT2D eigenvalue weighted by Gasteiger charge is 2.27. The van der Waals surface area contributed by atoms with Crippen LogP contribution in [0.15, 0.2) is 22.7 Å². The first-order valence-electron chi connectivity index (χ1n) is 7.28. The summed E-state index contributed by atoms with van der Waals surface area (Å²) in [6.07, 6.45) is 2.64. The van der Waals surface area contributed by atoms with Crippen molar-refractivity contribution >= 4 is 21.6 Å². The lowest BCUT2D eigenvalue weighted by Crippen LogP contribution is -2.33. The van der Waals surface area contributed by atoms with Gasteiger partial charge >= 0.3 is 0 Å². The molecule has 2 nitrogen and oxygen atoms in total. The van der Waals surface area contributed by atoms with Crippen LogP contribution in [0.3, 0.4) is 0 Å². The second-order valence-electron chi connectivity index (χ2n) is 5.86. The molecular weight excluding hydrogens is 300 g/mol.